The third kappa shape index (κ3) is 5.57. The van der Waals surface area contributed by atoms with E-state index in [2.05, 4.69) is 15.2 Å². The maximum absolute atomic E-state index is 12.6. The van der Waals surface area contributed by atoms with Crippen LogP contribution in [0.15, 0.2) is 18.3 Å². The number of methoxy groups -OCH3 is 1. The molecule has 1 aromatic heterocycles. The average molecular weight is 344 g/mol. The predicted molar refractivity (Wildman–Crippen MR) is 85.7 cm³/mol. The summed E-state index contributed by atoms with van der Waals surface area (Å²) in [7, 11) is 1.45. The summed E-state index contributed by atoms with van der Waals surface area (Å²) >= 11 is 0. The smallest absolute Gasteiger partial charge is 0.322 e. The van der Waals surface area contributed by atoms with Crippen LogP contribution < -0.4 is 10.2 Å². The van der Waals surface area contributed by atoms with Gasteiger partial charge in [0.2, 0.25) is 0 Å². The SMILES string of the molecule is COCCN(CC(F)F)C(=O)Nc1ccc(N2CCOCC2)nc1. The molecule has 0 atom stereocenters. The molecule has 134 valence electrons. The minimum absolute atomic E-state index is 0.0892. The van der Waals surface area contributed by atoms with Gasteiger partial charge in [-0.25, -0.2) is 18.6 Å². The van der Waals surface area contributed by atoms with Crippen LogP contribution in [0, 0.1) is 0 Å². The fourth-order valence-corrected chi connectivity index (χ4v) is 2.29. The van der Waals surface area contributed by atoms with E-state index in [1.807, 2.05) is 0 Å². The number of urea groups is 1. The second-order valence-corrected chi connectivity index (χ2v) is 5.26. The third-order valence-electron chi connectivity index (χ3n) is 3.55. The molecule has 0 saturated carbocycles. The number of halogens is 2. The van der Waals surface area contributed by atoms with Crippen molar-refractivity contribution in [2.75, 3.05) is 63.3 Å². The molecule has 0 aromatic carbocycles. The van der Waals surface area contributed by atoms with Crippen molar-refractivity contribution >= 4 is 17.5 Å². The lowest BCUT2D eigenvalue weighted by molar-refractivity contribution is 0.0873. The van der Waals surface area contributed by atoms with Crippen LogP contribution in [-0.4, -0.2) is 75.4 Å². The molecule has 1 aliphatic rings. The van der Waals surface area contributed by atoms with Crippen LogP contribution in [0.2, 0.25) is 0 Å². The minimum Gasteiger partial charge on any atom is -0.383 e. The van der Waals surface area contributed by atoms with Gasteiger partial charge in [0, 0.05) is 26.7 Å². The number of ether oxygens (including phenoxy) is 2. The van der Waals surface area contributed by atoms with Gasteiger partial charge < -0.3 is 24.6 Å². The summed E-state index contributed by atoms with van der Waals surface area (Å²) in [4.78, 5) is 19.5. The van der Waals surface area contributed by atoms with Gasteiger partial charge >= 0.3 is 6.03 Å². The van der Waals surface area contributed by atoms with Gasteiger partial charge in [0.1, 0.15) is 5.82 Å². The first kappa shape index (κ1) is 18.3. The van der Waals surface area contributed by atoms with Crippen molar-refractivity contribution in [1.29, 1.82) is 0 Å². The van der Waals surface area contributed by atoms with E-state index in [0.717, 1.165) is 23.8 Å². The van der Waals surface area contributed by atoms with Gasteiger partial charge in [-0.2, -0.15) is 0 Å². The Morgan fingerprint density at radius 3 is 2.79 bits per heavy atom. The monoisotopic (exact) mass is 344 g/mol. The van der Waals surface area contributed by atoms with Gasteiger partial charge in [0.05, 0.1) is 38.2 Å². The van der Waals surface area contributed by atoms with E-state index in [4.69, 9.17) is 9.47 Å². The number of nitrogens with zero attached hydrogens (tertiary/aromatic N) is 3. The summed E-state index contributed by atoms with van der Waals surface area (Å²) < 4.78 is 35.3. The lowest BCUT2D eigenvalue weighted by Gasteiger charge is -2.28. The Morgan fingerprint density at radius 2 is 2.21 bits per heavy atom. The van der Waals surface area contributed by atoms with E-state index >= 15 is 0 Å². The number of alkyl halides is 2. The first-order chi connectivity index (χ1) is 11.6. The molecule has 9 heteroatoms. The van der Waals surface area contributed by atoms with E-state index in [1.165, 1.54) is 13.3 Å². The molecule has 0 radical (unpaired) electrons. The lowest BCUT2D eigenvalue weighted by Crippen LogP contribution is -2.40. The first-order valence-electron chi connectivity index (χ1n) is 7.72. The van der Waals surface area contributed by atoms with E-state index < -0.39 is 19.0 Å². The van der Waals surface area contributed by atoms with Gasteiger partial charge in [-0.1, -0.05) is 0 Å². The summed E-state index contributed by atoms with van der Waals surface area (Å²) in [6.45, 7) is 2.47. The molecular formula is C15H22F2N4O3. The van der Waals surface area contributed by atoms with Crippen molar-refractivity contribution in [3.05, 3.63) is 18.3 Å². The summed E-state index contributed by atoms with van der Waals surface area (Å²) in [5.74, 6) is 0.792. The molecule has 0 aliphatic carbocycles. The van der Waals surface area contributed by atoms with Crippen LogP contribution in [0.3, 0.4) is 0 Å². The second kappa shape index (κ2) is 9.33. The van der Waals surface area contributed by atoms with E-state index in [9.17, 15) is 13.6 Å². The predicted octanol–water partition coefficient (Wildman–Crippen LogP) is 1.66. The molecule has 0 unspecified atom stereocenters. The van der Waals surface area contributed by atoms with Gasteiger partial charge in [-0.3, -0.25) is 0 Å². The minimum atomic E-state index is -2.60. The van der Waals surface area contributed by atoms with Crippen LogP contribution in [-0.2, 0) is 9.47 Å². The van der Waals surface area contributed by atoms with Crippen molar-refractivity contribution in [3.8, 4) is 0 Å². The maximum atomic E-state index is 12.6. The van der Waals surface area contributed by atoms with E-state index in [1.54, 1.807) is 12.1 Å². The lowest BCUT2D eigenvalue weighted by atomic mass is 10.3. The zero-order valence-electron chi connectivity index (χ0n) is 13.6. The Hall–Kier alpha value is -2.00. The van der Waals surface area contributed by atoms with Crippen molar-refractivity contribution in [2.45, 2.75) is 6.43 Å². The zero-order chi connectivity index (χ0) is 17.4. The van der Waals surface area contributed by atoms with Gasteiger partial charge in [0.15, 0.2) is 0 Å². The largest absolute Gasteiger partial charge is 0.383 e. The van der Waals surface area contributed by atoms with Crippen molar-refractivity contribution in [1.82, 2.24) is 9.88 Å². The molecule has 2 heterocycles. The van der Waals surface area contributed by atoms with Crippen molar-refractivity contribution in [3.63, 3.8) is 0 Å². The topological polar surface area (TPSA) is 66.9 Å². The van der Waals surface area contributed by atoms with E-state index in [-0.39, 0.29) is 13.2 Å². The van der Waals surface area contributed by atoms with Crippen molar-refractivity contribution in [2.24, 2.45) is 0 Å². The quantitative estimate of drug-likeness (QED) is 0.815. The number of amides is 2. The van der Waals surface area contributed by atoms with Crippen molar-refractivity contribution < 1.29 is 23.0 Å². The fraction of sp³-hybridized carbons (Fsp3) is 0.600. The molecule has 1 aromatic rings. The number of rotatable bonds is 7. The highest BCUT2D eigenvalue weighted by Gasteiger charge is 2.18. The molecule has 0 bridgehead atoms. The highest BCUT2D eigenvalue weighted by atomic mass is 19.3. The summed E-state index contributed by atoms with van der Waals surface area (Å²) in [5.41, 5.74) is 0.452. The molecule has 2 amide bonds. The van der Waals surface area contributed by atoms with E-state index in [0.29, 0.717) is 18.9 Å². The molecule has 1 saturated heterocycles. The number of anilines is 2. The zero-order valence-corrected chi connectivity index (χ0v) is 13.6. The number of aromatic nitrogens is 1. The van der Waals surface area contributed by atoms with Crippen LogP contribution in [0.5, 0.6) is 0 Å². The number of morpholine rings is 1. The average Bonchev–Trinajstić information content (AvgIpc) is 2.59. The Kier molecular flexibility index (Phi) is 7.13. The summed E-state index contributed by atoms with van der Waals surface area (Å²) in [6, 6.07) is 2.88. The van der Waals surface area contributed by atoms with Crippen LogP contribution in [0.25, 0.3) is 0 Å². The summed E-state index contributed by atoms with van der Waals surface area (Å²) in [5, 5.41) is 2.58. The third-order valence-corrected chi connectivity index (χ3v) is 3.55. The van der Waals surface area contributed by atoms with Gasteiger partial charge in [0.25, 0.3) is 6.43 Å². The van der Waals surface area contributed by atoms with Gasteiger partial charge in [-0.15, -0.1) is 0 Å². The fourth-order valence-electron chi connectivity index (χ4n) is 2.29. The number of hydrogen-bond donors (Lipinski definition) is 1. The molecule has 1 fully saturated rings. The second-order valence-electron chi connectivity index (χ2n) is 5.26. The Labute approximate surface area is 139 Å². The van der Waals surface area contributed by atoms with Gasteiger partial charge in [-0.05, 0) is 12.1 Å². The maximum Gasteiger partial charge on any atom is 0.322 e. The molecule has 2 rings (SSSR count). The Balaban J connectivity index is 1.93. The first-order valence-corrected chi connectivity index (χ1v) is 7.72. The highest BCUT2D eigenvalue weighted by molar-refractivity contribution is 5.89. The molecule has 7 nitrogen and oxygen atoms in total. The summed E-state index contributed by atoms with van der Waals surface area (Å²) in [6.07, 6.45) is -1.09. The number of carbonyl (C=O) groups is 1. The number of pyridine rings is 1. The van der Waals surface area contributed by atoms with Crippen LogP contribution in [0.4, 0.5) is 25.1 Å². The number of nitrogens with one attached hydrogen (secondary N) is 1. The normalized spacial score (nSPS) is 14.8. The Bertz CT molecular complexity index is 510. The standard InChI is InChI=1S/C15H22F2N4O3/c1-23-7-4-21(11-13(16)17)15(22)19-12-2-3-14(18-10-12)20-5-8-24-9-6-20/h2-3,10,13H,4-9,11H2,1H3,(H,19,22). The molecule has 0 spiro atoms. The molecule has 1 aliphatic heterocycles. The van der Waals surface area contributed by atoms with Crippen LogP contribution in [0.1, 0.15) is 0 Å². The molecule has 24 heavy (non-hydrogen) atoms. The van der Waals surface area contributed by atoms with Crippen LogP contribution >= 0.6 is 0 Å². The molecular weight excluding hydrogens is 322 g/mol. The number of carbonyl (C=O) groups excluding carboxylic acids is 1. The number of hydrogen-bond acceptors (Lipinski definition) is 5. The Morgan fingerprint density at radius 1 is 1.46 bits per heavy atom. The molecule has 1 N–H and O–H groups in total. The highest BCUT2D eigenvalue weighted by Crippen LogP contribution is 2.16.